The molecular weight excluding hydrogens is 241 g/mol. The zero-order chi connectivity index (χ0) is 13.7. The Morgan fingerprint density at radius 2 is 2.00 bits per heavy atom. The first-order chi connectivity index (χ1) is 9.22. The van der Waals surface area contributed by atoms with Crippen LogP contribution in [0.15, 0.2) is 24.3 Å². The van der Waals surface area contributed by atoms with Crippen LogP contribution in [0.25, 0.3) is 0 Å². The van der Waals surface area contributed by atoms with Gasteiger partial charge in [0.2, 0.25) is 0 Å². The van der Waals surface area contributed by atoms with Crippen molar-refractivity contribution in [3.05, 3.63) is 35.6 Å². The molecule has 1 saturated heterocycles. The molecule has 19 heavy (non-hydrogen) atoms. The van der Waals surface area contributed by atoms with Crippen LogP contribution < -0.4 is 5.32 Å². The standard InChI is InChI=1S/C16H24FNO/c1-3-16(14-6-4-5-7-15(14)17)18-12(2)13-8-10-19-11-9-13/h4-7,12-13,16,18H,3,8-11H2,1-2H3. The van der Waals surface area contributed by atoms with E-state index in [-0.39, 0.29) is 11.9 Å². The number of hydrogen-bond donors (Lipinski definition) is 1. The highest BCUT2D eigenvalue weighted by Crippen LogP contribution is 2.24. The lowest BCUT2D eigenvalue weighted by Crippen LogP contribution is -2.39. The van der Waals surface area contributed by atoms with Crippen molar-refractivity contribution in [2.45, 2.75) is 45.2 Å². The third-order valence-corrected chi connectivity index (χ3v) is 4.13. The largest absolute Gasteiger partial charge is 0.381 e. The molecule has 2 nitrogen and oxygen atoms in total. The van der Waals surface area contributed by atoms with Gasteiger partial charge in [0.05, 0.1) is 0 Å². The molecule has 1 aliphatic heterocycles. The van der Waals surface area contributed by atoms with Gasteiger partial charge in [0.15, 0.2) is 0 Å². The number of benzene rings is 1. The Kier molecular flexibility index (Phi) is 5.34. The summed E-state index contributed by atoms with van der Waals surface area (Å²) in [6.07, 6.45) is 3.10. The van der Waals surface area contributed by atoms with Crippen LogP contribution >= 0.6 is 0 Å². The average molecular weight is 265 g/mol. The molecule has 1 heterocycles. The van der Waals surface area contributed by atoms with Crippen molar-refractivity contribution in [3.63, 3.8) is 0 Å². The minimum absolute atomic E-state index is 0.0963. The van der Waals surface area contributed by atoms with Gasteiger partial charge in [-0.15, -0.1) is 0 Å². The van der Waals surface area contributed by atoms with Crippen LogP contribution in [0.4, 0.5) is 4.39 Å². The Balaban J connectivity index is 2.00. The van der Waals surface area contributed by atoms with Crippen molar-refractivity contribution in [2.75, 3.05) is 13.2 Å². The van der Waals surface area contributed by atoms with Gasteiger partial charge in [-0.2, -0.15) is 0 Å². The second kappa shape index (κ2) is 7.01. The van der Waals surface area contributed by atoms with Crippen LogP contribution in [0.5, 0.6) is 0 Å². The third kappa shape index (κ3) is 3.77. The van der Waals surface area contributed by atoms with E-state index in [0.29, 0.717) is 12.0 Å². The summed E-state index contributed by atoms with van der Waals surface area (Å²) in [5.74, 6) is 0.524. The fourth-order valence-electron chi connectivity index (χ4n) is 2.85. The molecule has 2 atom stereocenters. The van der Waals surface area contributed by atoms with Crippen LogP contribution in [0.1, 0.15) is 44.7 Å². The van der Waals surface area contributed by atoms with E-state index >= 15 is 0 Å². The van der Waals surface area contributed by atoms with E-state index in [9.17, 15) is 4.39 Å². The van der Waals surface area contributed by atoms with Gasteiger partial charge < -0.3 is 10.1 Å². The van der Waals surface area contributed by atoms with Crippen molar-refractivity contribution in [1.29, 1.82) is 0 Å². The van der Waals surface area contributed by atoms with Gasteiger partial charge in [-0.05, 0) is 38.2 Å². The summed E-state index contributed by atoms with van der Waals surface area (Å²) in [5, 5.41) is 3.60. The Labute approximate surface area is 115 Å². The maximum atomic E-state index is 13.9. The van der Waals surface area contributed by atoms with Gasteiger partial charge in [-0.25, -0.2) is 4.39 Å². The van der Waals surface area contributed by atoms with Crippen LogP contribution in [0, 0.1) is 11.7 Å². The molecule has 0 aromatic heterocycles. The van der Waals surface area contributed by atoms with E-state index in [1.165, 1.54) is 0 Å². The topological polar surface area (TPSA) is 21.3 Å². The highest BCUT2D eigenvalue weighted by Gasteiger charge is 2.23. The summed E-state index contributed by atoms with van der Waals surface area (Å²) in [5.41, 5.74) is 0.781. The van der Waals surface area contributed by atoms with Gasteiger partial charge in [0, 0.05) is 30.9 Å². The normalized spacial score (nSPS) is 20.2. The lowest BCUT2D eigenvalue weighted by atomic mass is 9.91. The minimum Gasteiger partial charge on any atom is -0.381 e. The maximum Gasteiger partial charge on any atom is 0.127 e. The maximum absolute atomic E-state index is 13.9. The molecule has 106 valence electrons. The molecule has 2 rings (SSSR count). The molecule has 1 aromatic carbocycles. The molecule has 3 heteroatoms. The van der Waals surface area contributed by atoms with Crippen LogP contribution in [-0.4, -0.2) is 19.3 Å². The molecule has 1 fully saturated rings. The van der Waals surface area contributed by atoms with Crippen LogP contribution in [0.3, 0.4) is 0 Å². The van der Waals surface area contributed by atoms with Gasteiger partial charge in [-0.3, -0.25) is 0 Å². The fraction of sp³-hybridized carbons (Fsp3) is 0.625. The van der Waals surface area contributed by atoms with Crippen LogP contribution in [-0.2, 0) is 4.74 Å². The predicted molar refractivity (Wildman–Crippen MR) is 75.6 cm³/mol. The zero-order valence-electron chi connectivity index (χ0n) is 11.9. The Hall–Kier alpha value is -0.930. The molecule has 0 bridgehead atoms. The number of hydrogen-bond acceptors (Lipinski definition) is 2. The van der Waals surface area contributed by atoms with E-state index in [1.807, 2.05) is 12.1 Å². The summed E-state index contributed by atoms with van der Waals surface area (Å²) >= 11 is 0. The highest BCUT2D eigenvalue weighted by molar-refractivity contribution is 5.21. The summed E-state index contributed by atoms with van der Waals surface area (Å²) in [6, 6.07) is 7.56. The van der Waals surface area contributed by atoms with Crippen molar-refractivity contribution in [3.8, 4) is 0 Å². The second-order valence-electron chi connectivity index (χ2n) is 5.39. The van der Waals surface area contributed by atoms with E-state index < -0.39 is 0 Å². The van der Waals surface area contributed by atoms with E-state index in [0.717, 1.165) is 38.0 Å². The molecule has 1 N–H and O–H groups in total. The van der Waals surface area contributed by atoms with Crippen molar-refractivity contribution >= 4 is 0 Å². The molecule has 0 spiro atoms. The number of ether oxygens (including phenoxy) is 1. The van der Waals surface area contributed by atoms with E-state index in [4.69, 9.17) is 4.74 Å². The fourth-order valence-corrected chi connectivity index (χ4v) is 2.85. The Morgan fingerprint density at radius 1 is 1.32 bits per heavy atom. The summed E-state index contributed by atoms with van der Waals surface area (Å²) in [6.45, 7) is 6.01. The molecule has 0 amide bonds. The number of halogens is 1. The Morgan fingerprint density at radius 3 is 2.63 bits per heavy atom. The SMILES string of the molecule is CCC(NC(C)C1CCOCC1)c1ccccc1F. The lowest BCUT2D eigenvalue weighted by molar-refractivity contribution is 0.0542. The van der Waals surface area contributed by atoms with Gasteiger partial charge in [-0.1, -0.05) is 25.1 Å². The molecule has 2 unspecified atom stereocenters. The first kappa shape index (κ1) is 14.5. The van der Waals surface area contributed by atoms with Gasteiger partial charge in [0.25, 0.3) is 0 Å². The Bertz CT molecular complexity index is 390. The van der Waals surface area contributed by atoms with Crippen molar-refractivity contribution in [1.82, 2.24) is 5.32 Å². The molecule has 1 aromatic rings. The lowest BCUT2D eigenvalue weighted by Gasteiger charge is -2.31. The van der Waals surface area contributed by atoms with Crippen molar-refractivity contribution < 1.29 is 9.13 Å². The number of rotatable bonds is 5. The van der Waals surface area contributed by atoms with E-state index in [2.05, 4.69) is 19.2 Å². The minimum atomic E-state index is -0.110. The monoisotopic (exact) mass is 265 g/mol. The molecule has 0 aliphatic carbocycles. The summed E-state index contributed by atoms with van der Waals surface area (Å²) in [4.78, 5) is 0. The quantitative estimate of drug-likeness (QED) is 0.877. The zero-order valence-corrected chi connectivity index (χ0v) is 11.9. The highest BCUT2D eigenvalue weighted by atomic mass is 19.1. The van der Waals surface area contributed by atoms with Gasteiger partial charge in [0.1, 0.15) is 5.82 Å². The first-order valence-electron chi connectivity index (χ1n) is 7.30. The summed E-state index contributed by atoms with van der Waals surface area (Å²) < 4.78 is 19.3. The molecule has 1 aliphatic rings. The molecule has 0 saturated carbocycles. The molecule has 0 radical (unpaired) electrons. The van der Waals surface area contributed by atoms with E-state index in [1.54, 1.807) is 12.1 Å². The number of nitrogens with one attached hydrogen (secondary N) is 1. The first-order valence-corrected chi connectivity index (χ1v) is 7.30. The van der Waals surface area contributed by atoms with Crippen LogP contribution in [0.2, 0.25) is 0 Å². The predicted octanol–water partition coefficient (Wildman–Crippen LogP) is 3.68. The van der Waals surface area contributed by atoms with Crippen molar-refractivity contribution in [2.24, 2.45) is 5.92 Å². The summed E-state index contributed by atoms with van der Waals surface area (Å²) in [7, 11) is 0. The average Bonchev–Trinajstić information content (AvgIpc) is 2.46. The molecular formula is C16H24FNO. The smallest absolute Gasteiger partial charge is 0.127 e. The second-order valence-corrected chi connectivity index (χ2v) is 5.39. The van der Waals surface area contributed by atoms with Gasteiger partial charge >= 0.3 is 0 Å². The third-order valence-electron chi connectivity index (χ3n) is 4.13.